The van der Waals surface area contributed by atoms with E-state index in [2.05, 4.69) is 15.4 Å². The van der Waals surface area contributed by atoms with Crippen molar-refractivity contribution in [3.05, 3.63) is 0 Å². The fourth-order valence-corrected chi connectivity index (χ4v) is 1.93. The van der Waals surface area contributed by atoms with E-state index in [0.29, 0.717) is 0 Å². The Hall–Kier alpha value is -1.75. The number of nitrogens with one attached hydrogen (secondary N) is 2. The van der Waals surface area contributed by atoms with Crippen molar-refractivity contribution in [3.8, 4) is 0 Å². The zero-order chi connectivity index (χ0) is 16.7. The number of esters is 1. The number of carbonyl (C=O) groups is 3. The second-order valence-corrected chi connectivity index (χ2v) is 4.76. The number of hydrogen-bond acceptors (Lipinski definition) is 8. The van der Waals surface area contributed by atoms with E-state index in [4.69, 9.17) is 10.5 Å². The number of nitrogens with two attached hydrogens (primary N) is 1. The van der Waals surface area contributed by atoms with Crippen LogP contribution >= 0.6 is 0 Å². The molecule has 0 bridgehead atoms. The van der Waals surface area contributed by atoms with Gasteiger partial charge in [-0.1, -0.05) is 0 Å². The van der Waals surface area contributed by atoms with Gasteiger partial charge in [-0.2, -0.15) is 0 Å². The van der Waals surface area contributed by atoms with Gasteiger partial charge in [-0.15, -0.1) is 0 Å². The molecule has 0 saturated carbocycles. The summed E-state index contributed by atoms with van der Waals surface area (Å²) in [6.07, 6.45) is -4.20. The Morgan fingerprint density at radius 2 is 1.68 bits per heavy atom. The van der Waals surface area contributed by atoms with Crippen molar-refractivity contribution in [2.75, 3.05) is 26.7 Å². The lowest BCUT2D eigenvalue weighted by Crippen LogP contribution is -2.41. The molecule has 1 rings (SSSR count). The maximum absolute atomic E-state index is 11.7. The molecule has 1 saturated heterocycles. The molecule has 4 atom stereocenters. The molecular weight excluding hydrogens is 298 g/mol. The Balaban J connectivity index is 2.29. The number of rotatable bonds is 7. The zero-order valence-electron chi connectivity index (χ0n) is 12.2. The van der Waals surface area contributed by atoms with E-state index in [9.17, 15) is 24.6 Å². The molecule has 0 radical (unpaired) electrons. The number of carbonyl (C=O) groups excluding carboxylic acids is 3. The summed E-state index contributed by atoms with van der Waals surface area (Å²) in [4.78, 5) is 33.8. The Kier molecular flexibility index (Phi) is 7.18. The molecule has 2 amide bonds. The molecule has 0 aromatic heterocycles. The van der Waals surface area contributed by atoms with Crippen molar-refractivity contribution >= 4 is 17.8 Å². The SMILES string of the molecule is COC(=O)CNC(=O)CNC(=O)C[C@@H]1O[C@H](CN)[C@@H](O)[C@H]1O. The number of methoxy groups -OCH3 is 1. The molecule has 0 spiro atoms. The molecular formula is C12H21N3O7. The van der Waals surface area contributed by atoms with Crippen LogP contribution < -0.4 is 16.4 Å². The molecule has 1 aliphatic rings. The van der Waals surface area contributed by atoms with Crippen LogP contribution in [0.5, 0.6) is 0 Å². The van der Waals surface area contributed by atoms with Gasteiger partial charge in [0.25, 0.3) is 0 Å². The molecule has 1 fully saturated rings. The summed E-state index contributed by atoms with van der Waals surface area (Å²) >= 11 is 0. The van der Waals surface area contributed by atoms with Gasteiger partial charge in [-0.3, -0.25) is 14.4 Å². The van der Waals surface area contributed by atoms with Crippen molar-refractivity contribution in [2.45, 2.75) is 30.8 Å². The van der Waals surface area contributed by atoms with Crippen molar-refractivity contribution in [2.24, 2.45) is 5.73 Å². The minimum atomic E-state index is -1.22. The van der Waals surface area contributed by atoms with Crippen LogP contribution in [0, 0.1) is 0 Å². The zero-order valence-corrected chi connectivity index (χ0v) is 12.2. The average molecular weight is 319 g/mol. The first-order valence-corrected chi connectivity index (χ1v) is 6.71. The highest BCUT2D eigenvalue weighted by Crippen LogP contribution is 2.22. The Labute approximate surface area is 126 Å². The van der Waals surface area contributed by atoms with Gasteiger partial charge >= 0.3 is 5.97 Å². The molecule has 0 unspecified atom stereocenters. The number of aliphatic hydroxyl groups excluding tert-OH is 2. The molecule has 6 N–H and O–H groups in total. The number of hydrogen-bond donors (Lipinski definition) is 5. The normalized spacial score (nSPS) is 27.3. The lowest BCUT2D eigenvalue weighted by Gasteiger charge is -2.14. The quantitative estimate of drug-likeness (QED) is 0.299. The highest BCUT2D eigenvalue weighted by atomic mass is 16.5. The molecule has 22 heavy (non-hydrogen) atoms. The summed E-state index contributed by atoms with van der Waals surface area (Å²) in [5.41, 5.74) is 5.36. The topological polar surface area (TPSA) is 160 Å². The number of ether oxygens (including phenoxy) is 2. The lowest BCUT2D eigenvalue weighted by atomic mass is 10.1. The predicted molar refractivity (Wildman–Crippen MR) is 72.4 cm³/mol. The Bertz CT molecular complexity index is 418. The van der Waals surface area contributed by atoms with Gasteiger partial charge in [0, 0.05) is 6.54 Å². The van der Waals surface area contributed by atoms with Gasteiger partial charge < -0.3 is 36.1 Å². The monoisotopic (exact) mass is 319 g/mol. The molecule has 0 aliphatic carbocycles. The Morgan fingerprint density at radius 3 is 2.23 bits per heavy atom. The number of amides is 2. The van der Waals surface area contributed by atoms with E-state index >= 15 is 0 Å². The maximum Gasteiger partial charge on any atom is 0.325 e. The third kappa shape index (κ3) is 5.22. The van der Waals surface area contributed by atoms with E-state index in [1.165, 1.54) is 7.11 Å². The van der Waals surface area contributed by atoms with Crippen LogP contribution in [0.4, 0.5) is 0 Å². The average Bonchev–Trinajstić information content (AvgIpc) is 2.78. The molecule has 10 heteroatoms. The highest BCUT2D eigenvalue weighted by Gasteiger charge is 2.42. The van der Waals surface area contributed by atoms with Gasteiger partial charge in [-0.05, 0) is 0 Å². The van der Waals surface area contributed by atoms with Crippen LogP contribution in [0.2, 0.25) is 0 Å². The Morgan fingerprint density at radius 1 is 1.09 bits per heavy atom. The van der Waals surface area contributed by atoms with Crippen LogP contribution in [0.3, 0.4) is 0 Å². The second kappa shape index (κ2) is 8.63. The van der Waals surface area contributed by atoms with Crippen LogP contribution in [-0.2, 0) is 23.9 Å². The second-order valence-electron chi connectivity index (χ2n) is 4.76. The summed E-state index contributed by atoms with van der Waals surface area (Å²) in [6.45, 7) is -0.603. The third-order valence-corrected chi connectivity index (χ3v) is 3.18. The van der Waals surface area contributed by atoms with Gasteiger partial charge in [0.05, 0.1) is 32.3 Å². The van der Waals surface area contributed by atoms with Crippen LogP contribution in [0.1, 0.15) is 6.42 Å². The summed E-state index contributed by atoms with van der Waals surface area (Å²) in [7, 11) is 1.19. The molecule has 1 heterocycles. The first-order valence-electron chi connectivity index (χ1n) is 6.71. The highest BCUT2D eigenvalue weighted by molar-refractivity contribution is 5.87. The smallest absolute Gasteiger partial charge is 0.325 e. The van der Waals surface area contributed by atoms with Gasteiger partial charge in [-0.25, -0.2) is 0 Å². The number of aliphatic hydroxyl groups is 2. The first-order chi connectivity index (χ1) is 10.4. The molecule has 0 aromatic carbocycles. The summed E-state index contributed by atoms with van der Waals surface area (Å²) < 4.78 is 9.60. The van der Waals surface area contributed by atoms with Crippen molar-refractivity contribution in [1.29, 1.82) is 0 Å². The fourth-order valence-electron chi connectivity index (χ4n) is 1.93. The van der Waals surface area contributed by atoms with Crippen LogP contribution in [-0.4, -0.2) is 79.2 Å². The van der Waals surface area contributed by atoms with Crippen LogP contribution in [0.25, 0.3) is 0 Å². The van der Waals surface area contributed by atoms with E-state index in [0.717, 1.165) is 0 Å². The van der Waals surface area contributed by atoms with E-state index in [-0.39, 0.29) is 26.1 Å². The third-order valence-electron chi connectivity index (χ3n) is 3.18. The molecule has 1 aliphatic heterocycles. The van der Waals surface area contributed by atoms with Crippen LogP contribution in [0.15, 0.2) is 0 Å². The van der Waals surface area contributed by atoms with E-state index < -0.39 is 42.2 Å². The molecule has 126 valence electrons. The molecule has 0 aromatic rings. The lowest BCUT2D eigenvalue weighted by molar-refractivity contribution is -0.141. The van der Waals surface area contributed by atoms with E-state index in [1.807, 2.05) is 0 Å². The molecule has 10 nitrogen and oxygen atoms in total. The van der Waals surface area contributed by atoms with Crippen molar-refractivity contribution in [3.63, 3.8) is 0 Å². The standard InChI is InChI=1S/C12H21N3O7/c1-21-10(18)5-15-9(17)4-14-8(16)2-6-11(19)12(20)7(3-13)22-6/h6-7,11-12,19-20H,2-5,13H2,1H3,(H,14,16)(H,15,17)/t6-,7+,11-,12+/m0/s1. The van der Waals surface area contributed by atoms with Crippen molar-refractivity contribution in [1.82, 2.24) is 10.6 Å². The minimum Gasteiger partial charge on any atom is -0.468 e. The van der Waals surface area contributed by atoms with Gasteiger partial charge in [0.2, 0.25) is 11.8 Å². The predicted octanol–water partition coefficient (Wildman–Crippen LogP) is -3.77. The van der Waals surface area contributed by atoms with E-state index in [1.54, 1.807) is 0 Å². The largest absolute Gasteiger partial charge is 0.468 e. The maximum atomic E-state index is 11.7. The minimum absolute atomic E-state index is 0.0201. The summed E-state index contributed by atoms with van der Waals surface area (Å²) in [5, 5.41) is 23.9. The van der Waals surface area contributed by atoms with Crippen molar-refractivity contribution < 1.29 is 34.1 Å². The summed E-state index contributed by atoms with van der Waals surface area (Å²) in [6, 6.07) is 0. The first kappa shape index (κ1) is 18.3. The summed E-state index contributed by atoms with van der Waals surface area (Å²) in [5.74, 6) is -1.71. The fraction of sp³-hybridized carbons (Fsp3) is 0.750. The van der Waals surface area contributed by atoms with Gasteiger partial charge in [0.15, 0.2) is 0 Å². The van der Waals surface area contributed by atoms with Gasteiger partial charge in [0.1, 0.15) is 18.8 Å².